The van der Waals surface area contributed by atoms with Crippen molar-refractivity contribution in [2.75, 3.05) is 10.6 Å². The Kier molecular flexibility index (Phi) is 7.22. The van der Waals surface area contributed by atoms with Crippen molar-refractivity contribution >= 4 is 23.2 Å². The Morgan fingerprint density at radius 1 is 0.867 bits per heavy atom. The van der Waals surface area contributed by atoms with Gasteiger partial charge in [0.25, 0.3) is 5.91 Å². The fourth-order valence-corrected chi connectivity index (χ4v) is 2.89. The van der Waals surface area contributed by atoms with Crippen LogP contribution >= 0.6 is 0 Å². The van der Waals surface area contributed by atoms with Gasteiger partial charge in [-0.25, -0.2) is 0 Å². The molecule has 5 heteroatoms. The first-order valence-corrected chi connectivity index (χ1v) is 10.1. The van der Waals surface area contributed by atoms with Crippen LogP contribution in [0.2, 0.25) is 0 Å². The lowest BCUT2D eigenvalue weighted by Gasteiger charge is -2.13. The standard InChI is InChI=1S/C25H26N2O3/c1-3-18(2)30-23-14-7-11-20(16-23)25(29)27-22-13-8-12-21(17-22)26-24(28)15-19-9-5-4-6-10-19/h4-14,16-18H,3,15H2,1-2H3,(H,26,28)(H,27,29). The average molecular weight is 402 g/mol. The maximum absolute atomic E-state index is 12.6. The molecule has 3 aromatic rings. The summed E-state index contributed by atoms with van der Waals surface area (Å²) >= 11 is 0. The number of carbonyl (C=O) groups excluding carboxylic acids is 2. The van der Waals surface area contributed by atoms with Crippen molar-refractivity contribution in [3.8, 4) is 5.75 Å². The van der Waals surface area contributed by atoms with Crippen molar-refractivity contribution in [2.45, 2.75) is 32.8 Å². The number of carbonyl (C=O) groups is 2. The number of hydrogen-bond donors (Lipinski definition) is 2. The van der Waals surface area contributed by atoms with Crippen LogP contribution in [0.3, 0.4) is 0 Å². The zero-order valence-electron chi connectivity index (χ0n) is 17.2. The van der Waals surface area contributed by atoms with Gasteiger partial charge in [0.05, 0.1) is 12.5 Å². The Balaban J connectivity index is 1.63. The molecular weight excluding hydrogens is 376 g/mol. The van der Waals surface area contributed by atoms with E-state index in [0.29, 0.717) is 29.1 Å². The first-order valence-electron chi connectivity index (χ1n) is 10.1. The summed E-state index contributed by atoms with van der Waals surface area (Å²) in [5, 5.41) is 5.74. The molecule has 0 saturated heterocycles. The molecule has 0 heterocycles. The van der Waals surface area contributed by atoms with Crippen LogP contribution in [-0.2, 0) is 11.2 Å². The number of amides is 2. The second kappa shape index (κ2) is 10.3. The zero-order chi connectivity index (χ0) is 21.3. The molecule has 2 amide bonds. The Hall–Kier alpha value is -3.60. The number of hydrogen-bond acceptors (Lipinski definition) is 3. The van der Waals surface area contributed by atoms with Crippen LogP contribution in [0, 0.1) is 0 Å². The molecule has 0 bridgehead atoms. The fourth-order valence-electron chi connectivity index (χ4n) is 2.89. The van der Waals surface area contributed by atoms with Gasteiger partial charge < -0.3 is 15.4 Å². The molecule has 1 unspecified atom stereocenters. The molecule has 30 heavy (non-hydrogen) atoms. The van der Waals surface area contributed by atoms with Gasteiger partial charge in [0.2, 0.25) is 5.91 Å². The zero-order valence-corrected chi connectivity index (χ0v) is 17.2. The molecule has 3 rings (SSSR count). The van der Waals surface area contributed by atoms with E-state index in [-0.39, 0.29) is 17.9 Å². The van der Waals surface area contributed by atoms with Gasteiger partial charge in [-0.05, 0) is 55.3 Å². The van der Waals surface area contributed by atoms with E-state index in [1.54, 1.807) is 42.5 Å². The lowest BCUT2D eigenvalue weighted by atomic mass is 10.1. The summed E-state index contributed by atoms with van der Waals surface area (Å²) in [5.41, 5.74) is 2.68. The molecule has 0 spiro atoms. The van der Waals surface area contributed by atoms with E-state index in [1.807, 2.05) is 50.2 Å². The molecule has 0 radical (unpaired) electrons. The van der Waals surface area contributed by atoms with Gasteiger partial charge >= 0.3 is 0 Å². The third-order valence-corrected chi connectivity index (χ3v) is 4.62. The quantitative estimate of drug-likeness (QED) is 0.537. The van der Waals surface area contributed by atoms with Crippen LogP contribution < -0.4 is 15.4 Å². The van der Waals surface area contributed by atoms with E-state index in [9.17, 15) is 9.59 Å². The summed E-state index contributed by atoms with van der Waals surface area (Å²) < 4.78 is 5.79. The highest BCUT2D eigenvalue weighted by Crippen LogP contribution is 2.19. The summed E-state index contributed by atoms with van der Waals surface area (Å²) in [7, 11) is 0. The minimum Gasteiger partial charge on any atom is -0.491 e. The number of ether oxygens (including phenoxy) is 1. The topological polar surface area (TPSA) is 67.4 Å². The molecule has 0 aliphatic carbocycles. The van der Waals surface area contributed by atoms with E-state index in [2.05, 4.69) is 10.6 Å². The lowest BCUT2D eigenvalue weighted by molar-refractivity contribution is -0.115. The third-order valence-electron chi connectivity index (χ3n) is 4.62. The summed E-state index contributed by atoms with van der Waals surface area (Å²) in [6, 6.07) is 23.8. The van der Waals surface area contributed by atoms with Gasteiger partial charge in [0.15, 0.2) is 0 Å². The van der Waals surface area contributed by atoms with Crippen LogP contribution in [0.5, 0.6) is 5.75 Å². The molecule has 2 N–H and O–H groups in total. The SMILES string of the molecule is CCC(C)Oc1cccc(C(=O)Nc2cccc(NC(=O)Cc3ccccc3)c2)c1. The Morgan fingerprint density at radius 2 is 1.57 bits per heavy atom. The minimum atomic E-state index is -0.239. The monoisotopic (exact) mass is 402 g/mol. The second-order valence-corrected chi connectivity index (χ2v) is 7.11. The van der Waals surface area contributed by atoms with Crippen molar-refractivity contribution in [1.82, 2.24) is 0 Å². The van der Waals surface area contributed by atoms with Crippen LogP contribution in [0.15, 0.2) is 78.9 Å². The van der Waals surface area contributed by atoms with E-state index < -0.39 is 0 Å². The predicted octanol–water partition coefficient (Wildman–Crippen LogP) is 5.30. The predicted molar refractivity (Wildman–Crippen MR) is 120 cm³/mol. The normalized spacial score (nSPS) is 11.4. The Labute approximate surface area is 177 Å². The number of rotatable bonds is 8. The Morgan fingerprint density at radius 3 is 2.30 bits per heavy atom. The molecular formula is C25H26N2O3. The van der Waals surface area contributed by atoms with E-state index >= 15 is 0 Å². The summed E-state index contributed by atoms with van der Waals surface area (Å²) in [5.74, 6) is 0.316. The number of anilines is 2. The maximum atomic E-state index is 12.6. The number of nitrogens with one attached hydrogen (secondary N) is 2. The smallest absolute Gasteiger partial charge is 0.255 e. The van der Waals surface area contributed by atoms with Gasteiger partial charge in [-0.2, -0.15) is 0 Å². The highest BCUT2D eigenvalue weighted by molar-refractivity contribution is 6.05. The molecule has 0 aliphatic heterocycles. The van der Waals surface area contributed by atoms with Crippen LogP contribution in [0.4, 0.5) is 11.4 Å². The number of benzene rings is 3. The molecule has 1 atom stereocenters. The van der Waals surface area contributed by atoms with Crippen LogP contribution in [-0.4, -0.2) is 17.9 Å². The minimum absolute atomic E-state index is 0.0829. The van der Waals surface area contributed by atoms with Gasteiger partial charge in [0.1, 0.15) is 5.75 Å². The highest BCUT2D eigenvalue weighted by atomic mass is 16.5. The van der Waals surface area contributed by atoms with Gasteiger partial charge in [-0.15, -0.1) is 0 Å². The lowest BCUT2D eigenvalue weighted by Crippen LogP contribution is -2.15. The van der Waals surface area contributed by atoms with Crippen molar-refractivity contribution in [3.05, 3.63) is 90.0 Å². The van der Waals surface area contributed by atoms with Crippen LogP contribution in [0.25, 0.3) is 0 Å². The van der Waals surface area contributed by atoms with Crippen molar-refractivity contribution in [1.29, 1.82) is 0 Å². The highest BCUT2D eigenvalue weighted by Gasteiger charge is 2.10. The molecule has 0 aromatic heterocycles. The second-order valence-electron chi connectivity index (χ2n) is 7.11. The molecule has 0 saturated carbocycles. The van der Waals surface area contributed by atoms with Crippen molar-refractivity contribution < 1.29 is 14.3 Å². The molecule has 0 fully saturated rings. The summed E-state index contributed by atoms with van der Waals surface area (Å²) in [4.78, 5) is 24.9. The van der Waals surface area contributed by atoms with Crippen molar-refractivity contribution in [3.63, 3.8) is 0 Å². The van der Waals surface area contributed by atoms with Gasteiger partial charge in [-0.1, -0.05) is 49.4 Å². The molecule has 154 valence electrons. The van der Waals surface area contributed by atoms with E-state index in [1.165, 1.54) is 0 Å². The summed E-state index contributed by atoms with van der Waals surface area (Å²) in [6.07, 6.45) is 1.26. The fraction of sp³-hybridized carbons (Fsp3) is 0.200. The third kappa shape index (κ3) is 6.21. The molecule has 5 nitrogen and oxygen atoms in total. The average Bonchev–Trinajstić information content (AvgIpc) is 2.74. The molecule has 0 aliphatic rings. The largest absolute Gasteiger partial charge is 0.491 e. The first kappa shape index (κ1) is 21.1. The van der Waals surface area contributed by atoms with Gasteiger partial charge in [0, 0.05) is 16.9 Å². The van der Waals surface area contributed by atoms with Crippen LogP contribution in [0.1, 0.15) is 36.2 Å². The van der Waals surface area contributed by atoms with Crippen molar-refractivity contribution in [2.24, 2.45) is 0 Å². The maximum Gasteiger partial charge on any atom is 0.255 e. The van der Waals surface area contributed by atoms with E-state index in [4.69, 9.17) is 4.74 Å². The van der Waals surface area contributed by atoms with E-state index in [0.717, 1.165) is 12.0 Å². The summed E-state index contributed by atoms with van der Waals surface area (Å²) in [6.45, 7) is 4.04. The van der Waals surface area contributed by atoms with Gasteiger partial charge in [-0.3, -0.25) is 9.59 Å². The first-order chi connectivity index (χ1) is 14.5. The Bertz CT molecular complexity index is 1000. The molecule has 3 aromatic carbocycles.